The fourth-order valence-electron chi connectivity index (χ4n) is 1.81. The summed E-state index contributed by atoms with van der Waals surface area (Å²) in [5.74, 6) is 0. The van der Waals surface area contributed by atoms with Crippen molar-refractivity contribution in [2.24, 2.45) is 0 Å². The van der Waals surface area contributed by atoms with Gasteiger partial charge in [-0.05, 0) is 12.1 Å². The minimum Gasteiger partial charge on any atom is -0.374 e. The molecule has 0 aliphatic heterocycles. The second-order valence-electron chi connectivity index (χ2n) is 4.14. The highest BCUT2D eigenvalue weighted by molar-refractivity contribution is 7.15. The molecule has 18 heavy (non-hydrogen) atoms. The van der Waals surface area contributed by atoms with E-state index in [1.807, 2.05) is 6.07 Å². The Morgan fingerprint density at radius 1 is 1.22 bits per heavy atom. The van der Waals surface area contributed by atoms with E-state index in [4.69, 9.17) is 5.73 Å². The average Bonchev–Trinajstić information content (AvgIpc) is 2.81. The highest BCUT2D eigenvalue weighted by Crippen LogP contribution is 2.12. The largest absolute Gasteiger partial charge is 0.374 e. The third-order valence-corrected chi connectivity index (χ3v) is 3.63. The van der Waals surface area contributed by atoms with Gasteiger partial charge in [-0.25, -0.2) is 0 Å². The van der Waals surface area contributed by atoms with Crippen molar-refractivity contribution in [2.45, 2.75) is 19.9 Å². The van der Waals surface area contributed by atoms with E-state index < -0.39 is 0 Å². The van der Waals surface area contributed by atoms with Crippen molar-refractivity contribution >= 4 is 16.5 Å². The normalized spacial score (nSPS) is 11.0. The standard InChI is InChI=1S/C13H18N4S/c1-2-17(10-11-6-4-3-5-7-11)9-8-12-15-16-13(14)18-12/h3-7H,2,8-10H2,1H3,(H2,14,16). The van der Waals surface area contributed by atoms with Gasteiger partial charge >= 0.3 is 0 Å². The van der Waals surface area contributed by atoms with Crippen molar-refractivity contribution in [3.8, 4) is 0 Å². The molecule has 0 saturated carbocycles. The Balaban J connectivity index is 1.86. The van der Waals surface area contributed by atoms with E-state index in [-0.39, 0.29) is 0 Å². The summed E-state index contributed by atoms with van der Waals surface area (Å²) in [4.78, 5) is 2.40. The molecule has 1 heterocycles. The molecule has 1 aromatic heterocycles. The second-order valence-corrected chi connectivity index (χ2v) is 5.23. The fourth-order valence-corrected chi connectivity index (χ4v) is 2.41. The third kappa shape index (κ3) is 3.78. The Kier molecular flexibility index (Phi) is 4.66. The molecule has 2 aromatic rings. The minimum atomic E-state index is 0.552. The molecule has 0 radical (unpaired) electrons. The number of hydrogen-bond donors (Lipinski definition) is 1. The van der Waals surface area contributed by atoms with Crippen LogP contribution >= 0.6 is 11.3 Å². The van der Waals surface area contributed by atoms with Crippen LogP contribution in [0.5, 0.6) is 0 Å². The van der Waals surface area contributed by atoms with E-state index in [1.54, 1.807) is 0 Å². The zero-order valence-electron chi connectivity index (χ0n) is 10.5. The Hall–Kier alpha value is -1.46. The Bertz CT molecular complexity index is 469. The maximum Gasteiger partial charge on any atom is 0.203 e. The molecule has 2 N–H and O–H groups in total. The van der Waals surface area contributed by atoms with Crippen molar-refractivity contribution in [1.82, 2.24) is 15.1 Å². The van der Waals surface area contributed by atoms with E-state index in [2.05, 4.69) is 46.3 Å². The quantitative estimate of drug-likeness (QED) is 0.867. The molecule has 0 unspecified atom stereocenters. The highest BCUT2D eigenvalue weighted by Gasteiger charge is 2.06. The van der Waals surface area contributed by atoms with E-state index in [9.17, 15) is 0 Å². The number of aromatic nitrogens is 2. The van der Waals surface area contributed by atoms with E-state index >= 15 is 0 Å². The first kappa shape index (κ1) is 13.0. The summed E-state index contributed by atoms with van der Waals surface area (Å²) in [7, 11) is 0. The van der Waals surface area contributed by atoms with Gasteiger partial charge in [0.15, 0.2) is 0 Å². The van der Waals surface area contributed by atoms with Crippen molar-refractivity contribution in [2.75, 3.05) is 18.8 Å². The van der Waals surface area contributed by atoms with Gasteiger partial charge in [-0.2, -0.15) is 0 Å². The van der Waals surface area contributed by atoms with Crippen LogP contribution in [0.3, 0.4) is 0 Å². The smallest absolute Gasteiger partial charge is 0.203 e. The number of hydrogen-bond acceptors (Lipinski definition) is 5. The van der Waals surface area contributed by atoms with E-state index in [0.717, 1.165) is 31.1 Å². The third-order valence-electron chi connectivity index (χ3n) is 2.82. The first-order valence-corrected chi connectivity index (χ1v) is 6.93. The van der Waals surface area contributed by atoms with Crippen LogP contribution in [0.15, 0.2) is 30.3 Å². The second kappa shape index (κ2) is 6.47. The van der Waals surface area contributed by atoms with Gasteiger partial charge in [0.25, 0.3) is 0 Å². The summed E-state index contributed by atoms with van der Waals surface area (Å²) < 4.78 is 0. The number of anilines is 1. The molecule has 2 rings (SSSR count). The van der Waals surface area contributed by atoms with E-state index in [1.165, 1.54) is 16.9 Å². The SMILES string of the molecule is CCN(CCc1nnc(N)s1)Cc1ccccc1. The molecule has 0 fully saturated rings. The zero-order valence-corrected chi connectivity index (χ0v) is 11.4. The van der Waals surface area contributed by atoms with Crippen LogP contribution in [0.1, 0.15) is 17.5 Å². The zero-order chi connectivity index (χ0) is 12.8. The topological polar surface area (TPSA) is 55.0 Å². The summed E-state index contributed by atoms with van der Waals surface area (Å²) >= 11 is 1.48. The Morgan fingerprint density at radius 2 is 2.00 bits per heavy atom. The minimum absolute atomic E-state index is 0.552. The highest BCUT2D eigenvalue weighted by atomic mass is 32.1. The lowest BCUT2D eigenvalue weighted by molar-refractivity contribution is 0.283. The van der Waals surface area contributed by atoms with Gasteiger partial charge in [0.2, 0.25) is 5.13 Å². The molecule has 0 aliphatic rings. The van der Waals surface area contributed by atoms with Crippen molar-refractivity contribution in [3.05, 3.63) is 40.9 Å². The van der Waals surface area contributed by atoms with Gasteiger partial charge in [-0.3, -0.25) is 4.90 Å². The molecule has 0 atom stereocenters. The van der Waals surface area contributed by atoms with Crippen LogP contribution < -0.4 is 5.73 Å². The summed E-state index contributed by atoms with van der Waals surface area (Å²) in [5.41, 5.74) is 6.92. The lowest BCUT2D eigenvalue weighted by Gasteiger charge is -2.19. The molecule has 0 bridgehead atoms. The molecular formula is C13H18N4S. The summed E-state index contributed by atoms with van der Waals surface area (Å²) in [6, 6.07) is 10.5. The van der Waals surface area contributed by atoms with Gasteiger partial charge in [0.1, 0.15) is 5.01 Å². The molecule has 5 heteroatoms. The first-order chi connectivity index (χ1) is 8.78. The van der Waals surface area contributed by atoms with Crippen LogP contribution in [0, 0.1) is 0 Å². The van der Waals surface area contributed by atoms with Gasteiger partial charge in [0.05, 0.1) is 0 Å². The maximum absolute atomic E-state index is 5.57. The van der Waals surface area contributed by atoms with Gasteiger partial charge in [0, 0.05) is 19.5 Å². The lowest BCUT2D eigenvalue weighted by atomic mass is 10.2. The van der Waals surface area contributed by atoms with E-state index in [0.29, 0.717) is 5.13 Å². The number of nitrogens with two attached hydrogens (primary N) is 1. The molecule has 1 aromatic carbocycles. The molecule has 4 nitrogen and oxygen atoms in total. The molecule has 0 aliphatic carbocycles. The van der Waals surface area contributed by atoms with Gasteiger partial charge < -0.3 is 5.73 Å². The predicted octanol–water partition coefficient (Wildman–Crippen LogP) is 2.18. The summed E-state index contributed by atoms with van der Waals surface area (Å²) in [6.07, 6.45) is 0.912. The van der Waals surface area contributed by atoms with Crippen molar-refractivity contribution in [1.29, 1.82) is 0 Å². The fraction of sp³-hybridized carbons (Fsp3) is 0.385. The monoisotopic (exact) mass is 262 g/mol. The first-order valence-electron chi connectivity index (χ1n) is 6.12. The summed E-state index contributed by atoms with van der Waals surface area (Å²) in [5, 5.41) is 9.44. The van der Waals surface area contributed by atoms with Crippen molar-refractivity contribution in [3.63, 3.8) is 0 Å². The number of nitrogens with zero attached hydrogens (tertiary/aromatic N) is 3. The van der Waals surface area contributed by atoms with Crippen LogP contribution in [0.2, 0.25) is 0 Å². The average molecular weight is 262 g/mol. The summed E-state index contributed by atoms with van der Waals surface area (Å²) in [6.45, 7) is 5.17. The van der Waals surface area contributed by atoms with Crippen molar-refractivity contribution < 1.29 is 0 Å². The Labute approximate surface area is 111 Å². The van der Waals surface area contributed by atoms with Gasteiger partial charge in [-0.15, -0.1) is 10.2 Å². The number of nitrogen functional groups attached to an aromatic ring is 1. The van der Waals surface area contributed by atoms with Gasteiger partial charge in [-0.1, -0.05) is 48.6 Å². The maximum atomic E-state index is 5.57. The van der Waals surface area contributed by atoms with Crippen LogP contribution in [-0.2, 0) is 13.0 Å². The number of likely N-dealkylation sites (N-methyl/N-ethyl adjacent to an activating group) is 1. The molecule has 96 valence electrons. The Morgan fingerprint density at radius 3 is 2.61 bits per heavy atom. The molecule has 0 saturated heterocycles. The predicted molar refractivity (Wildman–Crippen MR) is 75.4 cm³/mol. The molecule has 0 amide bonds. The molecular weight excluding hydrogens is 244 g/mol. The molecule has 0 spiro atoms. The number of rotatable bonds is 6. The van der Waals surface area contributed by atoms with Crippen LogP contribution in [0.4, 0.5) is 5.13 Å². The van der Waals surface area contributed by atoms with Crippen LogP contribution in [-0.4, -0.2) is 28.2 Å². The number of benzene rings is 1. The van der Waals surface area contributed by atoms with Crippen LogP contribution in [0.25, 0.3) is 0 Å². The lowest BCUT2D eigenvalue weighted by Crippen LogP contribution is -2.25.